The number of aryl methyl sites for hydroxylation is 2. The first-order valence-corrected chi connectivity index (χ1v) is 32.9. The van der Waals surface area contributed by atoms with E-state index in [1.807, 2.05) is 0 Å². The lowest BCUT2D eigenvalue weighted by molar-refractivity contribution is 0.572. The van der Waals surface area contributed by atoms with Crippen molar-refractivity contribution >= 4 is 154 Å². The normalized spacial score (nSPS) is 12.7. The summed E-state index contributed by atoms with van der Waals surface area (Å²) in [7, 11) is 0. The zero-order valence-electron chi connectivity index (χ0n) is 53.9. The Morgan fingerprint density at radius 2 is 0.617 bits per heavy atom. The number of nitrogens with zero attached hydrogens (tertiary/aromatic N) is 4. The number of aromatic nitrogens is 2. The fourth-order valence-corrected chi connectivity index (χ4v) is 16.5. The third-order valence-electron chi connectivity index (χ3n) is 20.4. The number of para-hydroxylation sites is 6. The van der Waals surface area contributed by atoms with Crippen molar-refractivity contribution in [1.29, 1.82) is 0 Å². The highest BCUT2D eigenvalue weighted by Crippen LogP contribution is 2.58. The average Bonchev–Trinajstić information content (AvgIpc) is 1.49. The number of hydrogen-bond donors (Lipinski definition) is 0. The van der Waals surface area contributed by atoms with Crippen molar-refractivity contribution in [2.24, 2.45) is 0 Å². The zero-order chi connectivity index (χ0) is 63.2. The Hall–Kier alpha value is -11.3. The Morgan fingerprint density at radius 3 is 1.00 bits per heavy atom. The summed E-state index contributed by atoms with van der Waals surface area (Å²) in [5, 5.41) is 14.0. The minimum absolute atomic E-state index is 0.127. The first-order valence-electron chi connectivity index (χ1n) is 32.9. The molecule has 0 aliphatic heterocycles. The number of benzene rings is 13. The van der Waals surface area contributed by atoms with Crippen LogP contribution in [0, 0.1) is 13.8 Å². The van der Waals surface area contributed by atoms with Crippen molar-refractivity contribution in [1.82, 2.24) is 8.80 Å². The van der Waals surface area contributed by atoms with Crippen LogP contribution < -0.4 is 9.80 Å². The largest absolute Gasteiger partial charge is 0.454 e. The van der Waals surface area contributed by atoms with E-state index in [-0.39, 0.29) is 10.8 Å². The maximum absolute atomic E-state index is 7.31. The van der Waals surface area contributed by atoms with Crippen LogP contribution in [-0.4, -0.2) is 8.80 Å². The molecule has 6 heteroatoms. The molecule has 0 unspecified atom stereocenters. The van der Waals surface area contributed by atoms with E-state index >= 15 is 0 Å². The van der Waals surface area contributed by atoms with Gasteiger partial charge in [0.15, 0.2) is 11.2 Å². The molecule has 0 spiro atoms. The van der Waals surface area contributed by atoms with Crippen LogP contribution in [0.25, 0.3) is 142 Å². The second-order valence-corrected chi connectivity index (χ2v) is 28.0. The minimum Gasteiger partial charge on any atom is -0.454 e. The SMILES string of the molecule is Cc1ccc2c(oc3c(C(C)(C)C)cccc32)c1N(c1ccccc1)c1cccc2c1c1cccc3c4c(-c5ccccc5)c5c(c(-c6ccccc6)c4n2c13)c1cccc2c3c(N(c4ccccc4)c4c(C)ccc6c4oc4c(C(C)(C)C)cccc46)cccc3n5c21. The van der Waals surface area contributed by atoms with Crippen molar-refractivity contribution in [3.63, 3.8) is 0 Å². The molecule has 0 N–H and O–H groups in total. The van der Waals surface area contributed by atoms with Gasteiger partial charge in [-0.3, -0.25) is 0 Å². The van der Waals surface area contributed by atoms with Gasteiger partial charge in [-0.05, 0) is 95.5 Å². The van der Waals surface area contributed by atoms with Crippen molar-refractivity contribution in [3.8, 4) is 22.3 Å². The molecular weight excluding hydrogens is 1140 g/mol. The lowest BCUT2D eigenvalue weighted by atomic mass is 9.86. The molecule has 0 radical (unpaired) electrons. The molecule has 19 rings (SSSR count). The van der Waals surface area contributed by atoms with Crippen molar-refractivity contribution < 1.29 is 8.83 Å². The number of fused-ring (bicyclic) bond motifs is 18. The molecule has 94 heavy (non-hydrogen) atoms. The molecule has 0 bridgehead atoms. The lowest BCUT2D eigenvalue weighted by Crippen LogP contribution is -2.12. The Morgan fingerprint density at radius 1 is 0.287 bits per heavy atom. The van der Waals surface area contributed by atoms with Gasteiger partial charge in [-0.25, -0.2) is 0 Å². The van der Waals surface area contributed by atoms with Gasteiger partial charge in [0.1, 0.15) is 11.2 Å². The lowest BCUT2D eigenvalue weighted by Gasteiger charge is -2.28. The fraction of sp³-hybridized carbons (Fsp3) is 0.114. The predicted octanol–water partition coefficient (Wildman–Crippen LogP) is 25.3. The molecule has 0 fully saturated rings. The van der Waals surface area contributed by atoms with E-state index in [9.17, 15) is 0 Å². The monoisotopic (exact) mass is 1210 g/mol. The molecule has 6 nitrogen and oxygen atoms in total. The third-order valence-corrected chi connectivity index (χ3v) is 20.4. The topological polar surface area (TPSA) is 41.6 Å². The van der Waals surface area contributed by atoms with Crippen molar-refractivity contribution in [3.05, 3.63) is 277 Å². The van der Waals surface area contributed by atoms with Crippen LogP contribution in [0.5, 0.6) is 0 Å². The predicted molar refractivity (Wildman–Crippen MR) is 397 cm³/mol. The standard InChI is InChI=1S/C88H66N4O2/c1-51-47-49-59-57-35-23-41-65(87(3,4)5)83(57)93-85(59)77(51)89(55-31-17-11-18-32-55)67-43-25-45-69-73(67)61-37-21-39-63-75-72(54-29-15-10-16-30-54)82-76(71(53-27-13-9-14-28-53)81(75)91(69)79(61)63)64-40-22-38-62-74-68(44-26-46-70(74)92(82)80(62)64)90(56-33-19-12-20-34-56)78-52(2)48-50-60-58-36-24-42-66(88(6,7)8)84(58)94-86(60)78/h9-50H,1-8H3. The van der Waals surface area contributed by atoms with Gasteiger partial charge in [0.05, 0.1) is 55.8 Å². The van der Waals surface area contributed by atoms with Gasteiger partial charge in [0.2, 0.25) is 0 Å². The molecule has 0 saturated heterocycles. The maximum Gasteiger partial charge on any atom is 0.159 e. The van der Waals surface area contributed by atoms with E-state index in [1.54, 1.807) is 0 Å². The first-order chi connectivity index (χ1) is 45.8. The minimum atomic E-state index is -0.127. The Labute approximate surface area is 544 Å². The van der Waals surface area contributed by atoms with Crippen LogP contribution in [0.4, 0.5) is 34.1 Å². The van der Waals surface area contributed by atoms with Crippen LogP contribution in [0.3, 0.4) is 0 Å². The summed E-state index contributed by atoms with van der Waals surface area (Å²) in [5.74, 6) is 0. The van der Waals surface area contributed by atoms with Crippen LogP contribution in [0.1, 0.15) is 63.8 Å². The van der Waals surface area contributed by atoms with E-state index < -0.39 is 0 Å². The van der Waals surface area contributed by atoms with E-state index in [4.69, 9.17) is 8.83 Å². The first kappa shape index (κ1) is 54.4. The van der Waals surface area contributed by atoms with E-state index in [1.165, 1.54) is 87.4 Å². The summed E-state index contributed by atoms with van der Waals surface area (Å²) in [6, 6.07) is 94.4. The summed E-state index contributed by atoms with van der Waals surface area (Å²) in [5.41, 5.74) is 26.1. The number of rotatable bonds is 8. The maximum atomic E-state index is 7.31. The van der Waals surface area contributed by atoms with E-state index in [2.05, 4.69) is 329 Å². The smallest absolute Gasteiger partial charge is 0.159 e. The molecule has 6 heterocycles. The molecule has 6 aromatic heterocycles. The summed E-state index contributed by atoms with van der Waals surface area (Å²) < 4.78 is 19.9. The van der Waals surface area contributed by atoms with Gasteiger partial charge in [0, 0.05) is 98.3 Å². The van der Waals surface area contributed by atoms with Crippen LogP contribution in [0.15, 0.2) is 264 Å². The molecule has 0 amide bonds. The fourth-order valence-electron chi connectivity index (χ4n) is 16.5. The molecule has 19 aromatic rings. The Bertz CT molecular complexity index is 5930. The van der Waals surface area contributed by atoms with Crippen LogP contribution in [0.2, 0.25) is 0 Å². The highest BCUT2D eigenvalue weighted by Gasteiger charge is 2.35. The molecule has 450 valence electrons. The van der Waals surface area contributed by atoms with Gasteiger partial charge < -0.3 is 27.4 Å². The summed E-state index contributed by atoms with van der Waals surface area (Å²) >= 11 is 0. The third kappa shape index (κ3) is 7.42. The average molecular weight is 1210 g/mol. The van der Waals surface area contributed by atoms with Gasteiger partial charge in [-0.1, -0.05) is 248 Å². The Kier molecular flexibility index (Phi) is 11.3. The van der Waals surface area contributed by atoms with Gasteiger partial charge in [-0.2, -0.15) is 0 Å². The summed E-state index contributed by atoms with van der Waals surface area (Å²) in [6.45, 7) is 18.1. The number of anilines is 6. The van der Waals surface area contributed by atoms with Gasteiger partial charge >= 0.3 is 0 Å². The molecule has 13 aromatic carbocycles. The quantitative estimate of drug-likeness (QED) is 0.152. The van der Waals surface area contributed by atoms with Gasteiger partial charge in [0.25, 0.3) is 0 Å². The zero-order valence-corrected chi connectivity index (χ0v) is 53.9. The number of furan rings is 2. The summed E-state index contributed by atoms with van der Waals surface area (Å²) in [6.07, 6.45) is 0. The van der Waals surface area contributed by atoms with Crippen molar-refractivity contribution in [2.75, 3.05) is 9.80 Å². The van der Waals surface area contributed by atoms with Crippen LogP contribution >= 0.6 is 0 Å². The van der Waals surface area contributed by atoms with Gasteiger partial charge in [-0.15, -0.1) is 0 Å². The summed E-state index contributed by atoms with van der Waals surface area (Å²) in [4.78, 5) is 4.95. The molecule has 0 saturated carbocycles. The molecular formula is C88H66N4O2. The van der Waals surface area contributed by atoms with Crippen LogP contribution in [-0.2, 0) is 10.8 Å². The van der Waals surface area contributed by atoms with E-state index in [0.29, 0.717) is 0 Å². The second-order valence-electron chi connectivity index (χ2n) is 28.0. The second kappa shape index (κ2) is 19.6. The van der Waals surface area contributed by atoms with Crippen molar-refractivity contribution in [2.45, 2.75) is 66.2 Å². The molecule has 0 atom stereocenters. The highest BCUT2D eigenvalue weighted by molar-refractivity contribution is 6.39. The highest BCUT2D eigenvalue weighted by atomic mass is 16.3. The van der Waals surface area contributed by atoms with E-state index in [0.717, 1.165) is 111 Å². The number of hydrogen-bond acceptors (Lipinski definition) is 4. The Balaban J connectivity index is 0.949. The molecule has 0 aliphatic rings. The molecule has 0 aliphatic carbocycles.